The monoisotopic (exact) mass is 224 g/mol. The Balaban J connectivity index is 0. The number of ketones is 1. The van der Waals surface area contributed by atoms with Gasteiger partial charge in [-0.15, -0.1) is 0 Å². The molecule has 0 aromatic carbocycles. The van der Waals surface area contributed by atoms with Gasteiger partial charge in [0, 0.05) is 26.2 Å². The summed E-state index contributed by atoms with van der Waals surface area (Å²) < 4.78 is 0. The maximum absolute atomic E-state index is 11.4. The minimum Gasteiger partial charge on any atom is -0.311 e. The predicted octanol–water partition coefficient (Wildman–Crippen LogP) is 3.06. The van der Waals surface area contributed by atoms with Crippen LogP contribution < -0.4 is 5.32 Å². The lowest BCUT2D eigenvalue weighted by Crippen LogP contribution is -2.13. The topological polar surface area (TPSA) is 42.0 Å². The van der Waals surface area contributed by atoms with Crippen molar-refractivity contribution in [1.82, 2.24) is 10.3 Å². The summed E-state index contributed by atoms with van der Waals surface area (Å²) in [6, 6.07) is 3.62. The number of nitrogens with one attached hydrogen (secondary N) is 1. The highest BCUT2D eigenvalue weighted by atomic mass is 16.1. The van der Waals surface area contributed by atoms with Crippen molar-refractivity contribution in [2.75, 3.05) is 6.54 Å². The van der Waals surface area contributed by atoms with E-state index in [0.717, 1.165) is 24.3 Å². The molecule has 0 saturated carbocycles. The number of hydrogen-bond donors (Lipinski definition) is 1. The standard InChI is InChI=1S/C11H16N2O.C2H6.H2/c1-3-11(14)9-5-6-13-10(7-9)8-12-4-2;1-2;/h5-7,12H,3-4,8H2,1-2H3;1-2H3;1H. The van der Waals surface area contributed by atoms with Crippen molar-refractivity contribution in [3.8, 4) is 0 Å². The number of Topliss-reactive ketones (excluding diaryl/α,β-unsaturated/α-hetero) is 1. The molecule has 1 aromatic heterocycles. The number of carbonyl (C=O) groups excluding carboxylic acids is 1. The molecular formula is C13H24N2O. The van der Waals surface area contributed by atoms with Gasteiger partial charge in [-0.3, -0.25) is 9.78 Å². The number of nitrogens with zero attached hydrogens (tertiary/aromatic N) is 1. The van der Waals surface area contributed by atoms with Gasteiger partial charge in [-0.2, -0.15) is 0 Å². The van der Waals surface area contributed by atoms with Gasteiger partial charge in [-0.25, -0.2) is 0 Å². The maximum Gasteiger partial charge on any atom is 0.162 e. The van der Waals surface area contributed by atoms with Gasteiger partial charge in [0.1, 0.15) is 0 Å². The first-order chi connectivity index (χ1) is 7.77. The quantitative estimate of drug-likeness (QED) is 0.782. The normalized spacial score (nSPS) is 9.25. The Kier molecular flexibility index (Phi) is 8.35. The largest absolute Gasteiger partial charge is 0.311 e. The van der Waals surface area contributed by atoms with E-state index in [4.69, 9.17) is 0 Å². The lowest BCUT2D eigenvalue weighted by molar-refractivity contribution is 0.0988. The zero-order valence-corrected chi connectivity index (χ0v) is 10.7. The molecule has 1 rings (SSSR count). The number of carbonyl (C=O) groups is 1. The van der Waals surface area contributed by atoms with E-state index in [1.807, 2.05) is 33.8 Å². The summed E-state index contributed by atoms with van der Waals surface area (Å²) in [5.74, 6) is 0.171. The van der Waals surface area contributed by atoms with Crippen LogP contribution in [-0.2, 0) is 6.54 Å². The van der Waals surface area contributed by atoms with Crippen molar-refractivity contribution < 1.29 is 6.22 Å². The first kappa shape index (κ1) is 14.8. The molecule has 1 heterocycles. The van der Waals surface area contributed by atoms with Crippen molar-refractivity contribution in [1.29, 1.82) is 0 Å². The van der Waals surface area contributed by atoms with Gasteiger partial charge in [0.15, 0.2) is 5.78 Å². The third-order valence-electron chi connectivity index (χ3n) is 2.02. The van der Waals surface area contributed by atoms with E-state index in [0.29, 0.717) is 6.42 Å². The Morgan fingerprint density at radius 1 is 1.44 bits per heavy atom. The van der Waals surface area contributed by atoms with E-state index in [1.165, 1.54) is 0 Å². The lowest BCUT2D eigenvalue weighted by atomic mass is 10.1. The van der Waals surface area contributed by atoms with Gasteiger partial charge in [0.25, 0.3) is 0 Å². The van der Waals surface area contributed by atoms with Crippen LogP contribution in [-0.4, -0.2) is 17.3 Å². The molecule has 1 N–H and O–H groups in total. The molecule has 0 aliphatic rings. The molecule has 0 radical (unpaired) electrons. The molecule has 0 aliphatic heterocycles. The molecule has 0 amide bonds. The van der Waals surface area contributed by atoms with Crippen molar-refractivity contribution in [3.05, 3.63) is 29.6 Å². The van der Waals surface area contributed by atoms with Crippen molar-refractivity contribution in [2.24, 2.45) is 0 Å². The molecule has 0 atom stereocenters. The van der Waals surface area contributed by atoms with Crippen LogP contribution in [0, 0.1) is 0 Å². The number of rotatable bonds is 5. The van der Waals surface area contributed by atoms with E-state index >= 15 is 0 Å². The van der Waals surface area contributed by atoms with Gasteiger partial charge in [0.2, 0.25) is 0 Å². The summed E-state index contributed by atoms with van der Waals surface area (Å²) in [5.41, 5.74) is 1.68. The van der Waals surface area contributed by atoms with Crippen LogP contribution in [0.2, 0.25) is 0 Å². The molecule has 3 heteroatoms. The summed E-state index contributed by atoms with van der Waals surface area (Å²) in [6.07, 6.45) is 2.24. The zero-order chi connectivity index (χ0) is 12.4. The van der Waals surface area contributed by atoms with Crippen LogP contribution in [0.4, 0.5) is 0 Å². The number of hydrogen-bond acceptors (Lipinski definition) is 3. The molecule has 3 nitrogen and oxygen atoms in total. The highest BCUT2D eigenvalue weighted by molar-refractivity contribution is 5.95. The molecule has 92 valence electrons. The molecule has 0 saturated heterocycles. The first-order valence-electron chi connectivity index (χ1n) is 5.96. The minimum atomic E-state index is 0. The zero-order valence-electron chi connectivity index (χ0n) is 10.7. The summed E-state index contributed by atoms with van der Waals surface area (Å²) >= 11 is 0. The summed E-state index contributed by atoms with van der Waals surface area (Å²) in [5, 5.41) is 3.17. The molecule has 0 aliphatic carbocycles. The molecule has 0 unspecified atom stereocenters. The molecular weight excluding hydrogens is 200 g/mol. The average Bonchev–Trinajstić information content (AvgIpc) is 2.38. The van der Waals surface area contributed by atoms with Crippen LogP contribution >= 0.6 is 0 Å². The van der Waals surface area contributed by atoms with Crippen LogP contribution in [0.25, 0.3) is 0 Å². The molecule has 0 bridgehead atoms. The van der Waals surface area contributed by atoms with E-state index < -0.39 is 0 Å². The SMILES string of the molecule is CC.CCNCc1cc(C(=O)CC)ccn1.[HH]. The fourth-order valence-electron chi connectivity index (χ4n) is 1.21. The summed E-state index contributed by atoms with van der Waals surface area (Å²) in [7, 11) is 0. The van der Waals surface area contributed by atoms with Crippen LogP contribution in [0.3, 0.4) is 0 Å². The Labute approximate surface area is 99.8 Å². The van der Waals surface area contributed by atoms with Crippen molar-refractivity contribution in [3.63, 3.8) is 0 Å². The van der Waals surface area contributed by atoms with Crippen LogP contribution in [0.1, 0.15) is 51.6 Å². The third kappa shape index (κ3) is 5.03. The Bertz CT molecular complexity index is 316. The lowest BCUT2D eigenvalue weighted by Gasteiger charge is -2.03. The second-order valence-electron chi connectivity index (χ2n) is 3.09. The molecule has 0 fully saturated rings. The summed E-state index contributed by atoms with van der Waals surface area (Å²) in [6.45, 7) is 9.54. The Hall–Kier alpha value is -1.22. The molecule has 16 heavy (non-hydrogen) atoms. The minimum absolute atomic E-state index is 0. The van der Waals surface area contributed by atoms with Gasteiger partial charge < -0.3 is 5.32 Å². The molecule has 1 aromatic rings. The van der Waals surface area contributed by atoms with E-state index in [-0.39, 0.29) is 7.21 Å². The number of pyridine rings is 1. The van der Waals surface area contributed by atoms with Crippen molar-refractivity contribution in [2.45, 2.75) is 40.7 Å². The first-order valence-corrected chi connectivity index (χ1v) is 5.96. The van der Waals surface area contributed by atoms with E-state index in [9.17, 15) is 4.79 Å². The second kappa shape index (κ2) is 9.04. The average molecular weight is 224 g/mol. The van der Waals surface area contributed by atoms with E-state index in [2.05, 4.69) is 10.3 Å². The van der Waals surface area contributed by atoms with Crippen LogP contribution in [0.5, 0.6) is 0 Å². The number of aromatic nitrogens is 1. The maximum atomic E-state index is 11.4. The van der Waals surface area contributed by atoms with Gasteiger partial charge in [0.05, 0.1) is 5.69 Å². The van der Waals surface area contributed by atoms with Crippen molar-refractivity contribution >= 4 is 5.78 Å². The second-order valence-corrected chi connectivity index (χ2v) is 3.09. The van der Waals surface area contributed by atoms with Gasteiger partial charge in [-0.05, 0) is 18.7 Å². The Morgan fingerprint density at radius 3 is 2.69 bits per heavy atom. The Morgan fingerprint density at radius 2 is 2.12 bits per heavy atom. The third-order valence-corrected chi connectivity index (χ3v) is 2.02. The predicted molar refractivity (Wildman–Crippen MR) is 69.7 cm³/mol. The highest BCUT2D eigenvalue weighted by Gasteiger charge is 2.03. The van der Waals surface area contributed by atoms with Gasteiger partial charge >= 0.3 is 0 Å². The smallest absolute Gasteiger partial charge is 0.162 e. The fraction of sp³-hybridized carbons (Fsp3) is 0.538. The van der Waals surface area contributed by atoms with Crippen LogP contribution in [0.15, 0.2) is 18.3 Å². The van der Waals surface area contributed by atoms with Gasteiger partial charge in [-0.1, -0.05) is 27.7 Å². The summed E-state index contributed by atoms with van der Waals surface area (Å²) in [4.78, 5) is 15.6. The molecule has 0 spiro atoms. The fourth-order valence-corrected chi connectivity index (χ4v) is 1.21. The highest BCUT2D eigenvalue weighted by Crippen LogP contribution is 2.04. The van der Waals surface area contributed by atoms with E-state index in [1.54, 1.807) is 12.3 Å².